The van der Waals surface area contributed by atoms with Crippen LogP contribution in [0.4, 0.5) is 0 Å². The Morgan fingerprint density at radius 1 is 0.421 bits per heavy atom. The largest absolute Gasteiger partial charge is 0.354 e. The van der Waals surface area contributed by atoms with E-state index >= 15 is 0 Å². The third-order valence-corrected chi connectivity index (χ3v) is 7.71. The van der Waals surface area contributed by atoms with Gasteiger partial charge in [-0.05, 0) is 58.7 Å². The summed E-state index contributed by atoms with van der Waals surface area (Å²) in [6.45, 7) is 0. The maximum atomic E-state index is 3.74. The Morgan fingerprint density at radius 3 is 1.74 bits per heavy atom. The molecule has 0 bridgehead atoms. The fraction of sp³-hybridized carbons (Fsp3) is 0. The van der Waals surface area contributed by atoms with E-state index < -0.39 is 0 Å². The number of para-hydroxylation sites is 2. The molecule has 0 atom stereocenters. The highest BCUT2D eigenvalue weighted by Gasteiger charge is 2.18. The molecule has 6 aromatic carbocycles. The van der Waals surface area contributed by atoms with E-state index in [1.807, 2.05) is 0 Å². The van der Waals surface area contributed by atoms with Gasteiger partial charge in [0.2, 0.25) is 0 Å². The fourth-order valence-corrected chi connectivity index (χ4v) is 5.99. The molecule has 0 saturated heterocycles. The number of H-pyrrole nitrogens is 1. The summed E-state index contributed by atoms with van der Waals surface area (Å²) in [6.07, 6.45) is 0. The second kappa shape index (κ2) is 8.22. The van der Waals surface area contributed by atoms with Crippen LogP contribution in [0.15, 0.2) is 140 Å². The van der Waals surface area contributed by atoms with Crippen molar-refractivity contribution in [3.8, 4) is 27.9 Å². The minimum atomic E-state index is 1.16. The number of aromatic nitrogens is 2. The van der Waals surface area contributed by atoms with Crippen LogP contribution < -0.4 is 0 Å². The molecule has 8 aromatic rings. The molecule has 8 rings (SSSR count). The van der Waals surface area contributed by atoms with Gasteiger partial charge in [-0.15, -0.1) is 0 Å². The Hall–Kier alpha value is -5.08. The summed E-state index contributed by atoms with van der Waals surface area (Å²) in [6, 6.07) is 50.2. The molecule has 0 amide bonds. The first kappa shape index (κ1) is 21.0. The number of nitrogens with one attached hydrogen (secondary N) is 1. The lowest BCUT2D eigenvalue weighted by molar-refractivity contribution is 1.18. The van der Waals surface area contributed by atoms with Gasteiger partial charge < -0.3 is 9.55 Å². The molecular weight excluding hydrogens is 460 g/mol. The van der Waals surface area contributed by atoms with E-state index in [-0.39, 0.29) is 0 Å². The quantitative estimate of drug-likeness (QED) is 0.258. The van der Waals surface area contributed by atoms with E-state index in [0.29, 0.717) is 0 Å². The van der Waals surface area contributed by atoms with Gasteiger partial charge in [-0.1, -0.05) is 103 Å². The van der Waals surface area contributed by atoms with Gasteiger partial charge in [-0.3, -0.25) is 0 Å². The lowest BCUT2D eigenvalue weighted by Gasteiger charge is -2.14. The van der Waals surface area contributed by atoms with Crippen molar-refractivity contribution in [2.24, 2.45) is 0 Å². The molecule has 178 valence electrons. The topological polar surface area (TPSA) is 20.7 Å². The van der Waals surface area contributed by atoms with Crippen LogP contribution in [0.1, 0.15) is 0 Å². The molecule has 0 spiro atoms. The van der Waals surface area contributed by atoms with Gasteiger partial charge >= 0.3 is 0 Å². The van der Waals surface area contributed by atoms with Crippen LogP contribution in [-0.2, 0) is 0 Å². The van der Waals surface area contributed by atoms with Crippen LogP contribution in [0.5, 0.6) is 0 Å². The van der Waals surface area contributed by atoms with Crippen LogP contribution in [0.25, 0.3) is 71.6 Å². The molecule has 0 aliphatic rings. The highest BCUT2D eigenvalue weighted by molar-refractivity contribution is 6.25. The number of benzene rings is 6. The van der Waals surface area contributed by atoms with Crippen LogP contribution in [0.3, 0.4) is 0 Å². The number of aromatic amines is 1. The summed E-state index contributed by atoms with van der Waals surface area (Å²) in [7, 11) is 0. The first-order chi connectivity index (χ1) is 18.8. The second-order valence-electron chi connectivity index (χ2n) is 9.91. The van der Waals surface area contributed by atoms with Crippen molar-refractivity contribution in [3.63, 3.8) is 0 Å². The lowest BCUT2D eigenvalue weighted by atomic mass is 9.98. The second-order valence-corrected chi connectivity index (χ2v) is 9.91. The molecule has 38 heavy (non-hydrogen) atoms. The van der Waals surface area contributed by atoms with Crippen LogP contribution in [0.2, 0.25) is 0 Å². The molecular formula is C36H24N2. The predicted octanol–water partition coefficient (Wildman–Crippen LogP) is 9.75. The van der Waals surface area contributed by atoms with Gasteiger partial charge in [-0.2, -0.15) is 0 Å². The monoisotopic (exact) mass is 484 g/mol. The minimum Gasteiger partial charge on any atom is -0.354 e. The van der Waals surface area contributed by atoms with Crippen LogP contribution >= 0.6 is 0 Å². The van der Waals surface area contributed by atoms with Gasteiger partial charge in [0.05, 0.1) is 16.6 Å². The van der Waals surface area contributed by atoms with Gasteiger partial charge in [0, 0.05) is 32.7 Å². The van der Waals surface area contributed by atoms with E-state index in [0.717, 1.165) is 5.69 Å². The Kier molecular flexibility index (Phi) is 4.55. The van der Waals surface area contributed by atoms with Gasteiger partial charge in [0.1, 0.15) is 0 Å². The molecule has 2 nitrogen and oxygen atoms in total. The number of hydrogen-bond acceptors (Lipinski definition) is 0. The normalized spacial score (nSPS) is 11.7. The van der Waals surface area contributed by atoms with E-state index in [2.05, 4.69) is 149 Å². The average molecular weight is 485 g/mol. The molecule has 1 N–H and O–H groups in total. The number of rotatable bonds is 3. The standard InChI is InChI=1S/C36H24N2/c1-3-11-24(12-4-1)26-21-27(25-13-5-2-6-14-25)23-28(22-26)38-33-18-10-8-16-31(33)35-34(38)20-19-30-29-15-7-9-17-32(29)37-36(30)35/h1-23,37H. The van der Waals surface area contributed by atoms with E-state index in [1.54, 1.807) is 0 Å². The first-order valence-electron chi connectivity index (χ1n) is 13.0. The van der Waals surface area contributed by atoms with Crippen LogP contribution in [-0.4, -0.2) is 9.55 Å². The zero-order chi connectivity index (χ0) is 25.1. The Morgan fingerprint density at radius 2 is 1.03 bits per heavy atom. The third-order valence-electron chi connectivity index (χ3n) is 7.71. The van der Waals surface area contributed by atoms with Crippen molar-refractivity contribution in [2.75, 3.05) is 0 Å². The Bertz CT molecular complexity index is 2050. The zero-order valence-electron chi connectivity index (χ0n) is 20.7. The van der Waals surface area contributed by atoms with Gasteiger partial charge in [0.25, 0.3) is 0 Å². The SMILES string of the molecule is c1ccc(-c2cc(-c3ccccc3)cc(-n3c4ccccc4c4c5[nH]c6ccccc6c5ccc43)c2)cc1. The third kappa shape index (κ3) is 3.14. The van der Waals surface area contributed by atoms with Crippen molar-refractivity contribution in [2.45, 2.75) is 0 Å². The van der Waals surface area contributed by atoms with E-state index in [9.17, 15) is 0 Å². The first-order valence-corrected chi connectivity index (χ1v) is 13.0. The van der Waals surface area contributed by atoms with Gasteiger partial charge in [-0.25, -0.2) is 0 Å². The maximum absolute atomic E-state index is 3.74. The predicted molar refractivity (Wildman–Crippen MR) is 161 cm³/mol. The molecule has 0 saturated carbocycles. The zero-order valence-corrected chi connectivity index (χ0v) is 20.7. The minimum absolute atomic E-state index is 1.16. The summed E-state index contributed by atoms with van der Waals surface area (Å²) in [4.78, 5) is 3.74. The molecule has 2 aromatic heterocycles. The maximum Gasteiger partial charge on any atom is 0.0566 e. The average Bonchev–Trinajstić information content (AvgIpc) is 3.53. The molecule has 0 aliphatic heterocycles. The number of nitrogens with zero attached hydrogens (tertiary/aromatic N) is 1. The highest BCUT2D eigenvalue weighted by atomic mass is 15.0. The molecule has 2 heteroatoms. The summed E-state index contributed by atoms with van der Waals surface area (Å²) in [5, 5.41) is 5.05. The van der Waals surface area contributed by atoms with Crippen molar-refractivity contribution < 1.29 is 0 Å². The highest BCUT2D eigenvalue weighted by Crippen LogP contribution is 2.40. The Balaban J connectivity index is 1.49. The molecule has 0 aliphatic carbocycles. The lowest BCUT2D eigenvalue weighted by Crippen LogP contribution is -1.96. The number of fused-ring (bicyclic) bond motifs is 7. The summed E-state index contributed by atoms with van der Waals surface area (Å²) < 4.78 is 2.43. The van der Waals surface area contributed by atoms with E-state index in [4.69, 9.17) is 0 Å². The summed E-state index contributed by atoms with van der Waals surface area (Å²) in [5.41, 5.74) is 10.8. The van der Waals surface area contributed by atoms with Crippen molar-refractivity contribution in [1.82, 2.24) is 9.55 Å². The van der Waals surface area contributed by atoms with Gasteiger partial charge in [0.15, 0.2) is 0 Å². The summed E-state index contributed by atoms with van der Waals surface area (Å²) >= 11 is 0. The van der Waals surface area contributed by atoms with Crippen molar-refractivity contribution in [1.29, 1.82) is 0 Å². The molecule has 0 unspecified atom stereocenters. The van der Waals surface area contributed by atoms with Crippen molar-refractivity contribution in [3.05, 3.63) is 140 Å². The molecule has 0 radical (unpaired) electrons. The molecule has 0 fully saturated rings. The molecule has 2 heterocycles. The fourth-order valence-electron chi connectivity index (χ4n) is 5.99. The van der Waals surface area contributed by atoms with Crippen molar-refractivity contribution >= 4 is 43.6 Å². The summed E-state index contributed by atoms with van der Waals surface area (Å²) in [5.74, 6) is 0. The van der Waals surface area contributed by atoms with E-state index in [1.165, 1.54) is 65.9 Å². The van der Waals surface area contributed by atoms with Crippen LogP contribution in [0, 0.1) is 0 Å². The number of hydrogen-bond donors (Lipinski definition) is 1. The Labute approximate surface area is 220 Å². The smallest absolute Gasteiger partial charge is 0.0566 e.